The first-order valence-electron chi connectivity index (χ1n) is 18.7. The molecule has 11 rings (SSSR count). The van der Waals surface area contributed by atoms with Gasteiger partial charge in [-0.05, 0) is 59.2 Å². The summed E-state index contributed by atoms with van der Waals surface area (Å²) in [5.74, 6) is 1.58. The summed E-state index contributed by atoms with van der Waals surface area (Å²) in [5, 5.41) is 2.60. The molecule has 0 unspecified atom stereocenters. The van der Waals surface area contributed by atoms with Crippen LogP contribution in [0.3, 0.4) is 0 Å². The zero-order valence-electron chi connectivity index (χ0n) is 30.4. The van der Waals surface area contributed by atoms with Gasteiger partial charge in [0.15, 0.2) is 5.82 Å². The number of thiophene rings is 1. The molecular formula is C50H34N4S. The maximum atomic E-state index is 5.52. The molecule has 0 bridgehead atoms. The number of para-hydroxylation sites is 3. The number of imidazole rings is 1. The Hall–Kier alpha value is -6.69. The molecular weight excluding hydrogens is 689 g/mol. The summed E-state index contributed by atoms with van der Waals surface area (Å²) in [5.41, 5.74) is 13.8. The minimum atomic E-state index is -0.288. The highest BCUT2D eigenvalue weighted by atomic mass is 32.1. The van der Waals surface area contributed by atoms with Crippen molar-refractivity contribution in [2.75, 3.05) is 0 Å². The maximum absolute atomic E-state index is 5.52. The number of fused-ring (bicyclic) bond motifs is 7. The quantitative estimate of drug-likeness (QED) is 0.178. The molecule has 0 amide bonds. The number of rotatable bonds is 5. The van der Waals surface area contributed by atoms with Crippen molar-refractivity contribution in [1.29, 1.82) is 0 Å². The molecule has 0 N–H and O–H groups in total. The summed E-state index contributed by atoms with van der Waals surface area (Å²) in [7, 11) is 0. The Morgan fingerprint density at radius 2 is 1.16 bits per heavy atom. The van der Waals surface area contributed by atoms with Gasteiger partial charge in [0, 0.05) is 59.1 Å². The standard InChI is InChI=1S/C50H34N4S/c1-50(2)40-25-8-6-22-39(40)46-44(50)45(32-16-12-15-31(29-32)36-23-14-24-38-37-21-7-11-28-43(37)55-47(36)38)52-48(53-46)33-17-13-18-34(30-33)49-51-41-26-9-10-27-42(41)54(49)35-19-4-3-5-20-35/h3-30H,1-2H3. The Morgan fingerprint density at radius 3 is 2.07 bits per heavy atom. The largest absolute Gasteiger partial charge is 0.292 e. The summed E-state index contributed by atoms with van der Waals surface area (Å²) in [6.45, 7) is 4.61. The van der Waals surface area contributed by atoms with E-state index in [9.17, 15) is 0 Å². The minimum absolute atomic E-state index is 0.288. The van der Waals surface area contributed by atoms with Crippen molar-refractivity contribution in [3.05, 3.63) is 181 Å². The third kappa shape index (κ3) is 4.93. The van der Waals surface area contributed by atoms with Gasteiger partial charge in [0.05, 0.1) is 22.4 Å². The fourth-order valence-corrected chi connectivity index (χ4v) is 9.86. The van der Waals surface area contributed by atoms with Gasteiger partial charge in [-0.25, -0.2) is 15.0 Å². The minimum Gasteiger partial charge on any atom is -0.292 e. The first kappa shape index (κ1) is 31.8. The molecule has 1 aliphatic carbocycles. The van der Waals surface area contributed by atoms with Crippen LogP contribution in [0.1, 0.15) is 25.0 Å². The number of hydrogen-bond acceptors (Lipinski definition) is 4. The highest BCUT2D eigenvalue weighted by molar-refractivity contribution is 7.26. The molecule has 0 aliphatic heterocycles. The van der Waals surface area contributed by atoms with E-state index in [1.165, 1.54) is 42.4 Å². The summed E-state index contributed by atoms with van der Waals surface area (Å²) >= 11 is 1.86. The highest BCUT2D eigenvalue weighted by Gasteiger charge is 2.40. The van der Waals surface area contributed by atoms with Crippen LogP contribution in [0.25, 0.3) is 93.3 Å². The van der Waals surface area contributed by atoms with Gasteiger partial charge in [-0.1, -0.05) is 141 Å². The van der Waals surface area contributed by atoms with Crippen molar-refractivity contribution in [2.45, 2.75) is 19.3 Å². The molecule has 0 saturated carbocycles. The number of nitrogens with zero attached hydrogens (tertiary/aromatic N) is 4. The van der Waals surface area contributed by atoms with Gasteiger partial charge in [-0.2, -0.15) is 0 Å². The molecule has 0 atom stereocenters. The average Bonchev–Trinajstić information content (AvgIpc) is 3.89. The van der Waals surface area contributed by atoms with Crippen molar-refractivity contribution < 1.29 is 0 Å². The molecule has 5 heteroatoms. The van der Waals surface area contributed by atoms with E-state index in [-0.39, 0.29) is 5.41 Å². The lowest BCUT2D eigenvalue weighted by Gasteiger charge is -2.24. The number of aromatic nitrogens is 4. The zero-order valence-corrected chi connectivity index (χ0v) is 31.2. The summed E-state index contributed by atoms with van der Waals surface area (Å²) in [6, 6.07) is 60.3. The van der Waals surface area contributed by atoms with Crippen LogP contribution in [0.4, 0.5) is 0 Å². The van der Waals surface area contributed by atoms with Gasteiger partial charge in [0.25, 0.3) is 0 Å². The summed E-state index contributed by atoms with van der Waals surface area (Å²) < 4.78 is 4.85. The van der Waals surface area contributed by atoms with Crippen molar-refractivity contribution >= 4 is 42.5 Å². The molecule has 1 aliphatic rings. The van der Waals surface area contributed by atoms with E-state index in [1.54, 1.807) is 0 Å². The molecule has 0 fully saturated rings. The van der Waals surface area contributed by atoms with Crippen LogP contribution in [0.2, 0.25) is 0 Å². The summed E-state index contributed by atoms with van der Waals surface area (Å²) in [6.07, 6.45) is 0. The average molecular weight is 723 g/mol. The summed E-state index contributed by atoms with van der Waals surface area (Å²) in [4.78, 5) is 16.1. The van der Waals surface area contributed by atoms with E-state index in [2.05, 4.69) is 176 Å². The van der Waals surface area contributed by atoms with Crippen molar-refractivity contribution in [3.63, 3.8) is 0 Å². The van der Waals surface area contributed by atoms with Crippen LogP contribution in [0, 0.1) is 0 Å². The van der Waals surface area contributed by atoms with Crippen molar-refractivity contribution in [3.8, 4) is 62.1 Å². The van der Waals surface area contributed by atoms with E-state index in [0.717, 1.165) is 56.2 Å². The number of benzene rings is 7. The van der Waals surface area contributed by atoms with Gasteiger partial charge >= 0.3 is 0 Å². The molecule has 0 spiro atoms. The van der Waals surface area contributed by atoms with Gasteiger partial charge in [0.1, 0.15) is 5.82 Å². The Morgan fingerprint density at radius 1 is 0.509 bits per heavy atom. The Balaban J connectivity index is 1.11. The monoisotopic (exact) mass is 722 g/mol. The molecule has 7 aromatic carbocycles. The van der Waals surface area contributed by atoms with Crippen LogP contribution in [-0.2, 0) is 5.41 Å². The fraction of sp³-hybridized carbons (Fsp3) is 0.0600. The first-order valence-corrected chi connectivity index (χ1v) is 19.5. The molecule has 0 radical (unpaired) electrons. The second kappa shape index (κ2) is 12.2. The third-order valence-corrected chi connectivity index (χ3v) is 12.4. The van der Waals surface area contributed by atoms with E-state index >= 15 is 0 Å². The van der Waals surface area contributed by atoms with Crippen LogP contribution >= 0.6 is 11.3 Å². The zero-order chi connectivity index (χ0) is 36.7. The van der Waals surface area contributed by atoms with E-state index in [0.29, 0.717) is 5.82 Å². The smallest absolute Gasteiger partial charge is 0.160 e. The van der Waals surface area contributed by atoms with Crippen LogP contribution in [-0.4, -0.2) is 19.5 Å². The Bertz CT molecular complexity index is 3130. The Labute approximate surface area is 323 Å². The second-order valence-electron chi connectivity index (χ2n) is 14.8. The third-order valence-electron chi connectivity index (χ3n) is 11.2. The highest BCUT2D eigenvalue weighted by Crippen LogP contribution is 2.52. The predicted molar refractivity (Wildman–Crippen MR) is 229 cm³/mol. The number of hydrogen-bond donors (Lipinski definition) is 0. The topological polar surface area (TPSA) is 43.6 Å². The van der Waals surface area contributed by atoms with E-state index < -0.39 is 0 Å². The fourth-order valence-electron chi connectivity index (χ4n) is 8.62. The Kier molecular flexibility index (Phi) is 7.04. The molecule has 3 aromatic heterocycles. The molecule has 3 heterocycles. The SMILES string of the molecule is CC1(C)c2ccccc2-c2nc(-c3cccc(-c4nc5ccccc5n4-c4ccccc4)c3)nc(-c3cccc(-c4cccc5c4sc4ccccc45)c3)c21. The molecule has 55 heavy (non-hydrogen) atoms. The van der Waals surface area contributed by atoms with Gasteiger partial charge in [-0.15, -0.1) is 11.3 Å². The van der Waals surface area contributed by atoms with Crippen LogP contribution in [0.5, 0.6) is 0 Å². The molecule has 260 valence electrons. The predicted octanol–water partition coefficient (Wildman–Crippen LogP) is 13.2. The molecule has 4 nitrogen and oxygen atoms in total. The van der Waals surface area contributed by atoms with Gasteiger partial charge in [0.2, 0.25) is 0 Å². The lowest BCUT2D eigenvalue weighted by Crippen LogP contribution is -2.17. The lowest BCUT2D eigenvalue weighted by molar-refractivity contribution is 0.658. The van der Waals surface area contributed by atoms with Gasteiger partial charge < -0.3 is 0 Å². The van der Waals surface area contributed by atoms with E-state index in [4.69, 9.17) is 15.0 Å². The van der Waals surface area contributed by atoms with Crippen molar-refractivity contribution in [2.24, 2.45) is 0 Å². The van der Waals surface area contributed by atoms with Crippen LogP contribution < -0.4 is 0 Å². The van der Waals surface area contributed by atoms with Gasteiger partial charge in [-0.3, -0.25) is 4.57 Å². The van der Waals surface area contributed by atoms with Crippen LogP contribution in [0.15, 0.2) is 170 Å². The van der Waals surface area contributed by atoms with E-state index in [1.807, 2.05) is 23.5 Å². The first-order chi connectivity index (χ1) is 27.0. The normalized spacial score (nSPS) is 13.1. The second-order valence-corrected chi connectivity index (χ2v) is 15.9. The molecule has 10 aromatic rings. The maximum Gasteiger partial charge on any atom is 0.160 e. The molecule has 0 saturated heterocycles. The van der Waals surface area contributed by atoms with Crippen molar-refractivity contribution in [1.82, 2.24) is 19.5 Å². The lowest BCUT2D eigenvalue weighted by atomic mass is 9.80.